The molecule has 0 amide bonds. The first-order valence-electron chi connectivity index (χ1n) is 7.64. The summed E-state index contributed by atoms with van der Waals surface area (Å²) in [5.41, 5.74) is 9.52. The normalized spacial score (nSPS) is 17.7. The zero-order valence-electron chi connectivity index (χ0n) is 12.6. The van der Waals surface area contributed by atoms with Crippen molar-refractivity contribution in [3.05, 3.63) is 60.2 Å². The maximum Gasteiger partial charge on any atom is 0.0600 e. The minimum atomic E-state index is 0.474. The fourth-order valence-electron chi connectivity index (χ4n) is 3.07. The molecule has 110 valence electrons. The van der Waals surface area contributed by atoms with Gasteiger partial charge in [-0.15, -0.1) is 0 Å². The molecule has 1 fully saturated rings. The summed E-state index contributed by atoms with van der Waals surface area (Å²) in [7, 11) is 0. The van der Waals surface area contributed by atoms with Gasteiger partial charge in [0.15, 0.2) is 0 Å². The molecule has 21 heavy (non-hydrogen) atoms. The van der Waals surface area contributed by atoms with Crippen LogP contribution in [0.5, 0.6) is 0 Å². The van der Waals surface area contributed by atoms with Crippen molar-refractivity contribution in [2.75, 3.05) is 36.8 Å². The van der Waals surface area contributed by atoms with Gasteiger partial charge in [-0.3, -0.25) is 4.90 Å². The maximum absolute atomic E-state index is 6.08. The van der Waals surface area contributed by atoms with E-state index >= 15 is 0 Å². The number of piperazine rings is 1. The number of rotatable bonds is 3. The van der Waals surface area contributed by atoms with E-state index in [1.165, 1.54) is 11.3 Å². The Balaban J connectivity index is 1.64. The molecule has 1 aliphatic rings. The highest BCUT2D eigenvalue weighted by molar-refractivity contribution is 5.67. The predicted molar refractivity (Wildman–Crippen MR) is 89.5 cm³/mol. The van der Waals surface area contributed by atoms with E-state index in [9.17, 15) is 0 Å². The van der Waals surface area contributed by atoms with Crippen LogP contribution in [0, 0.1) is 0 Å². The number of nitrogens with zero attached hydrogens (tertiary/aromatic N) is 2. The van der Waals surface area contributed by atoms with Crippen LogP contribution in [0.25, 0.3) is 0 Å². The molecule has 1 atom stereocenters. The molecule has 2 aromatic rings. The lowest BCUT2D eigenvalue weighted by Crippen LogP contribution is -2.47. The SMILES string of the molecule is CC(c1ccccc1)N1CCN(c2ccccc2N)CC1. The Morgan fingerprint density at radius 2 is 1.48 bits per heavy atom. The third-order valence-electron chi connectivity index (χ3n) is 4.42. The fourth-order valence-corrected chi connectivity index (χ4v) is 3.07. The minimum Gasteiger partial charge on any atom is -0.397 e. The lowest BCUT2D eigenvalue weighted by atomic mass is 10.1. The number of benzene rings is 2. The van der Waals surface area contributed by atoms with Crippen molar-refractivity contribution in [1.82, 2.24) is 4.90 Å². The van der Waals surface area contributed by atoms with E-state index in [0.717, 1.165) is 31.9 Å². The molecule has 0 aliphatic carbocycles. The van der Waals surface area contributed by atoms with Crippen molar-refractivity contribution in [2.45, 2.75) is 13.0 Å². The van der Waals surface area contributed by atoms with Gasteiger partial charge in [0.2, 0.25) is 0 Å². The van der Waals surface area contributed by atoms with Gasteiger partial charge in [0.25, 0.3) is 0 Å². The van der Waals surface area contributed by atoms with Crippen molar-refractivity contribution in [3.8, 4) is 0 Å². The topological polar surface area (TPSA) is 32.5 Å². The Bertz CT molecular complexity index is 574. The zero-order valence-corrected chi connectivity index (χ0v) is 12.6. The first kappa shape index (κ1) is 14.0. The summed E-state index contributed by atoms with van der Waals surface area (Å²) in [6.07, 6.45) is 0. The zero-order chi connectivity index (χ0) is 14.7. The number of para-hydroxylation sites is 2. The largest absolute Gasteiger partial charge is 0.397 e. The summed E-state index contributed by atoms with van der Waals surface area (Å²) < 4.78 is 0. The lowest BCUT2D eigenvalue weighted by molar-refractivity contribution is 0.198. The van der Waals surface area contributed by atoms with Crippen LogP contribution in [0.4, 0.5) is 11.4 Å². The molecule has 2 aromatic carbocycles. The fraction of sp³-hybridized carbons (Fsp3) is 0.333. The number of hydrogen-bond acceptors (Lipinski definition) is 3. The van der Waals surface area contributed by atoms with Crippen molar-refractivity contribution < 1.29 is 0 Å². The standard InChI is InChI=1S/C18H23N3/c1-15(16-7-3-2-4-8-16)20-11-13-21(14-12-20)18-10-6-5-9-17(18)19/h2-10,15H,11-14,19H2,1H3. The Morgan fingerprint density at radius 3 is 2.14 bits per heavy atom. The van der Waals surface area contributed by atoms with Crippen molar-refractivity contribution in [3.63, 3.8) is 0 Å². The smallest absolute Gasteiger partial charge is 0.0600 e. The molecule has 3 heteroatoms. The van der Waals surface area contributed by atoms with E-state index in [0.29, 0.717) is 6.04 Å². The number of anilines is 2. The number of hydrogen-bond donors (Lipinski definition) is 1. The quantitative estimate of drug-likeness (QED) is 0.877. The molecule has 1 saturated heterocycles. The Labute approximate surface area is 127 Å². The summed E-state index contributed by atoms with van der Waals surface area (Å²) in [5, 5.41) is 0. The number of nitrogens with two attached hydrogens (primary N) is 1. The van der Waals surface area contributed by atoms with Crippen LogP contribution in [0.15, 0.2) is 54.6 Å². The second kappa shape index (κ2) is 6.19. The molecule has 0 bridgehead atoms. The lowest BCUT2D eigenvalue weighted by Gasteiger charge is -2.39. The van der Waals surface area contributed by atoms with Gasteiger partial charge in [0, 0.05) is 32.2 Å². The first-order chi connectivity index (χ1) is 10.3. The van der Waals surface area contributed by atoms with Crippen LogP contribution in [0.1, 0.15) is 18.5 Å². The molecule has 0 saturated carbocycles. The van der Waals surface area contributed by atoms with Crippen LogP contribution >= 0.6 is 0 Å². The van der Waals surface area contributed by atoms with Gasteiger partial charge < -0.3 is 10.6 Å². The monoisotopic (exact) mass is 281 g/mol. The predicted octanol–water partition coefficient (Wildman–Crippen LogP) is 3.15. The van der Waals surface area contributed by atoms with Crippen molar-refractivity contribution in [2.24, 2.45) is 0 Å². The average Bonchev–Trinajstić information content (AvgIpc) is 2.56. The molecular weight excluding hydrogens is 258 g/mol. The highest BCUT2D eigenvalue weighted by atomic mass is 15.3. The van der Waals surface area contributed by atoms with Gasteiger partial charge in [0.05, 0.1) is 11.4 Å². The molecule has 1 heterocycles. The molecule has 0 radical (unpaired) electrons. The molecule has 2 N–H and O–H groups in total. The molecular formula is C18H23N3. The second-order valence-corrected chi connectivity index (χ2v) is 5.67. The summed E-state index contributed by atoms with van der Waals surface area (Å²) >= 11 is 0. The Kier molecular flexibility index (Phi) is 4.11. The summed E-state index contributed by atoms with van der Waals surface area (Å²) in [6.45, 7) is 6.51. The van der Waals surface area contributed by atoms with Crippen molar-refractivity contribution in [1.29, 1.82) is 0 Å². The van der Waals surface area contributed by atoms with E-state index in [1.54, 1.807) is 0 Å². The van der Waals surface area contributed by atoms with E-state index < -0.39 is 0 Å². The van der Waals surface area contributed by atoms with Gasteiger partial charge in [0.1, 0.15) is 0 Å². The average molecular weight is 281 g/mol. The molecule has 0 aromatic heterocycles. The summed E-state index contributed by atoms with van der Waals surface area (Å²) in [5.74, 6) is 0. The Morgan fingerprint density at radius 1 is 0.857 bits per heavy atom. The van der Waals surface area contributed by atoms with Gasteiger partial charge in [-0.05, 0) is 24.6 Å². The van der Waals surface area contributed by atoms with Gasteiger partial charge >= 0.3 is 0 Å². The molecule has 1 unspecified atom stereocenters. The van der Waals surface area contributed by atoms with Gasteiger partial charge in [-0.1, -0.05) is 42.5 Å². The second-order valence-electron chi connectivity index (χ2n) is 5.67. The highest BCUT2D eigenvalue weighted by Gasteiger charge is 2.22. The van der Waals surface area contributed by atoms with E-state index in [4.69, 9.17) is 5.73 Å². The third kappa shape index (κ3) is 3.03. The first-order valence-corrected chi connectivity index (χ1v) is 7.64. The molecule has 1 aliphatic heterocycles. The van der Waals surface area contributed by atoms with Crippen LogP contribution in [-0.2, 0) is 0 Å². The van der Waals surface area contributed by atoms with E-state index in [1.807, 2.05) is 12.1 Å². The van der Waals surface area contributed by atoms with Gasteiger partial charge in [-0.2, -0.15) is 0 Å². The molecule has 3 rings (SSSR count). The van der Waals surface area contributed by atoms with E-state index in [2.05, 4.69) is 59.2 Å². The molecule has 0 spiro atoms. The van der Waals surface area contributed by atoms with Crippen LogP contribution in [0.2, 0.25) is 0 Å². The van der Waals surface area contributed by atoms with Crippen LogP contribution < -0.4 is 10.6 Å². The molecule has 3 nitrogen and oxygen atoms in total. The summed E-state index contributed by atoms with van der Waals surface area (Å²) in [4.78, 5) is 4.94. The van der Waals surface area contributed by atoms with Gasteiger partial charge in [-0.25, -0.2) is 0 Å². The highest BCUT2D eigenvalue weighted by Crippen LogP contribution is 2.26. The Hall–Kier alpha value is -2.00. The van der Waals surface area contributed by atoms with E-state index in [-0.39, 0.29) is 0 Å². The number of nitrogen functional groups attached to an aromatic ring is 1. The maximum atomic E-state index is 6.08. The third-order valence-corrected chi connectivity index (χ3v) is 4.42. The van der Waals surface area contributed by atoms with Crippen LogP contribution in [-0.4, -0.2) is 31.1 Å². The minimum absolute atomic E-state index is 0.474. The summed E-state index contributed by atoms with van der Waals surface area (Å²) in [6, 6.07) is 19.4. The van der Waals surface area contributed by atoms with Crippen molar-refractivity contribution >= 4 is 11.4 Å². The van der Waals surface area contributed by atoms with Crippen LogP contribution in [0.3, 0.4) is 0 Å².